The first-order valence-electron chi connectivity index (χ1n) is 9.63. The van der Waals surface area contributed by atoms with Crippen molar-refractivity contribution in [3.8, 4) is 11.5 Å². The summed E-state index contributed by atoms with van der Waals surface area (Å²) in [6.45, 7) is 0. The van der Waals surface area contributed by atoms with Crippen LogP contribution in [-0.2, 0) is 16.0 Å². The standard InChI is InChI=1S/C24H15Br2FN2O4/c25-16-7-13(8-17(26)12-16)2-6-22(30)28-19-4-3-15(11-18(19)27)24-29-20-9-14(10-23(31)32)1-5-21(20)33-24/h1-9,11-12H,10H2,(H,28,30)(H,31,32). The van der Waals surface area contributed by atoms with E-state index in [4.69, 9.17) is 9.52 Å². The largest absolute Gasteiger partial charge is 0.481 e. The van der Waals surface area contributed by atoms with Gasteiger partial charge < -0.3 is 14.8 Å². The fourth-order valence-corrected chi connectivity index (χ4v) is 4.48. The van der Waals surface area contributed by atoms with Gasteiger partial charge in [0.05, 0.1) is 12.1 Å². The molecule has 6 nitrogen and oxygen atoms in total. The molecule has 0 atom stereocenters. The van der Waals surface area contributed by atoms with Crippen LogP contribution < -0.4 is 5.32 Å². The van der Waals surface area contributed by atoms with E-state index in [2.05, 4.69) is 42.2 Å². The van der Waals surface area contributed by atoms with Crippen molar-refractivity contribution in [3.63, 3.8) is 0 Å². The second kappa shape index (κ2) is 9.68. The molecule has 4 rings (SSSR count). The Labute approximate surface area is 204 Å². The zero-order chi connectivity index (χ0) is 23.5. The lowest BCUT2D eigenvalue weighted by Crippen LogP contribution is -2.09. The average Bonchev–Trinajstić information content (AvgIpc) is 3.16. The van der Waals surface area contributed by atoms with Crippen LogP contribution in [-0.4, -0.2) is 22.0 Å². The van der Waals surface area contributed by atoms with Gasteiger partial charge in [0, 0.05) is 20.6 Å². The van der Waals surface area contributed by atoms with E-state index in [0.29, 0.717) is 22.2 Å². The van der Waals surface area contributed by atoms with Gasteiger partial charge in [-0.15, -0.1) is 0 Å². The average molecular weight is 574 g/mol. The first-order chi connectivity index (χ1) is 15.8. The number of carbonyl (C=O) groups excluding carboxylic acids is 1. The van der Waals surface area contributed by atoms with E-state index in [1.165, 1.54) is 18.2 Å². The summed E-state index contributed by atoms with van der Waals surface area (Å²) in [6, 6.07) is 14.7. The Morgan fingerprint density at radius 1 is 1.06 bits per heavy atom. The van der Waals surface area contributed by atoms with Crippen LogP contribution in [0.3, 0.4) is 0 Å². The lowest BCUT2D eigenvalue weighted by atomic mass is 10.1. The predicted molar refractivity (Wildman–Crippen MR) is 130 cm³/mol. The second-order valence-corrected chi connectivity index (χ2v) is 8.94. The molecule has 1 heterocycles. The van der Waals surface area contributed by atoms with Crippen molar-refractivity contribution in [1.82, 2.24) is 4.98 Å². The Morgan fingerprint density at radius 2 is 1.82 bits per heavy atom. The number of carboxylic acid groups (broad SMARTS) is 1. The van der Waals surface area contributed by atoms with Gasteiger partial charge in [-0.2, -0.15) is 0 Å². The first kappa shape index (κ1) is 22.9. The first-order valence-corrected chi connectivity index (χ1v) is 11.2. The number of fused-ring (bicyclic) bond motifs is 1. The monoisotopic (exact) mass is 572 g/mol. The summed E-state index contributed by atoms with van der Waals surface area (Å²) in [5.41, 5.74) is 2.72. The van der Waals surface area contributed by atoms with Crippen molar-refractivity contribution in [3.05, 3.63) is 86.6 Å². The molecule has 2 N–H and O–H groups in total. The molecule has 0 radical (unpaired) electrons. The molecule has 1 amide bonds. The Balaban J connectivity index is 1.50. The molecule has 0 fully saturated rings. The topological polar surface area (TPSA) is 92.4 Å². The predicted octanol–water partition coefficient (Wildman–Crippen LogP) is 6.44. The summed E-state index contributed by atoms with van der Waals surface area (Å²) < 4.78 is 22.0. The normalized spacial score (nSPS) is 11.2. The molecular weight excluding hydrogens is 559 g/mol. The van der Waals surface area contributed by atoms with Gasteiger partial charge in [0.25, 0.3) is 0 Å². The van der Waals surface area contributed by atoms with Crippen LogP contribution in [0, 0.1) is 5.82 Å². The van der Waals surface area contributed by atoms with Gasteiger partial charge in [-0.05, 0) is 65.7 Å². The van der Waals surface area contributed by atoms with Crippen LogP contribution in [0.25, 0.3) is 28.6 Å². The molecule has 0 spiro atoms. The minimum absolute atomic E-state index is 0.0173. The Kier molecular flexibility index (Phi) is 6.71. The van der Waals surface area contributed by atoms with Crippen LogP contribution in [0.5, 0.6) is 0 Å². The molecule has 0 aliphatic carbocycles. The molecule has 166 valence electrons. The smallest absolute Gasteiger partial charge is 0.307 e. The number of hydrogen-bond donors (Lipinski definition) is 2. The van der Waals surface area contributed by atoms with Crippen LogP contribution in [0.1, 0.15) is 11.1 Å². The number of nitrogens with one attached hydrogen (secondary N) is 1. The van der Waals surface area contributed by atoms with Gasteiger partial charge >= 0.3 is 5.97 Å². The summed E-state index contributed by atoms with van der Waals surface area (Å²) in [4.78, 5) is 27.4. The molecule has 9 heteroatoms. The summed E-state index contributed by atoms with van der Waals surface area (Å²) in [6.07, 6.45) is 2.81. The number of rotatable bonds is 6. The van der Waals surface area contributed by atoms with Gasteiger partial charge in [0.15, 0.2) is 5.58 Å². The maximum Gasteiger partial charge on any atom is 0.307 e. The molecule has 33 heavy (non-hydrogen) atoms. The summed E-state index contributed by atoms with van der Waals surface area (Å²) in [7, 11) is 0. The van der Waals surface area contributed by atoms with Crippen molar-refractivity contribution in [1.29, 1.82) is 0 Å². The molecule has 1 aromatic heterocycles. The van der Waals surface area contributed by atoms with Crippen molar-refractivity contribution >= 4 is 66.6 Å². The number of benzene rings is 3. The van der Waals surface area contributed by atoms with Gasteiger partial charge in [0.2, 0.25) is 11.8 Å². The van der Waals surface area contributed by atoms with Crippen molar-refractivity contribution in [2.75, 3.05) is 5.32 Å². The molecular formula is C24H15Br2FN2O4. The fraction of sp³-hybridized carbons (Fsp3) is 0.0417. The van der Waals surface area contributed by atoms with E-state index in [-0.39, 0.29) is 18.0 Å². The Hall–Kier alpha value is -3.30. The SMILES string of the molecule is O=C(O)Cc1ccc2oc(-c3ccc(NC(=O)C=Cc4cc(Br)cc(Br)c4)c(F)c3)nc2c1. The lowest BCUT2D eigenvalue weighted by Gasteiger charge is -2.05. The van der Waals surface area contributed by atoms with Crippen LogP contribution in [0.2, 0.25) is 0 Å². The van der Waals surface area contributed by atoms with Gasteiger partial charge in [-0.3, -0.25) is 9.59 Å². The minimum Gasteiger partial charge on any atom is -0.481 e. The molecule has 0 saturated heterocycles. The number of carbonyl (C=O) groups is 2. The van der Waals surface area contributed by atoms with Crippen LogP contribution >= 0.6 is 31.9 Å². The maximum absolute atomic E-state index is 14.6. The number of anilines is 1. The number of halogens is 3. The number of aliphatic carboxylic acids is 1. The summed E-state index contributed by atoms with van der Waals surface area (Å²) >= 11 is 6.77. The van der Waals surface area contributed by atoms with Crippen molar-refractivity contribution < 1.29 is 23.5 Å². The van der Waals surface area contributed by atoms with E-state index in [9.17, 15) is 14.0 Å². The number of nitrogens with zero attached hydrogens (tertiary/aromatic N) is 1. The van der Waals surface area contributed by atoms with E-state index < -0.39 is 17.7 Å². The van der Waals surface area contributed by atoms with E-state index in [1.807, 2.05) is 18.2 Å². The molecule has 0 aliphatic heterocycles. The van der Waals surface area contributed by atoms with E-state index in [1.54, 1.807) is 30.3 Å². The summed E-state index contributed by atoms with van der Waals surface area (Å²) in [5.74, 6) is -1.88. The number of aromatic nitrogens is 1. The molecule has 0 saturated carbocycles. The van der Waals surface area contributed by atoms with Crippen molar-refractivity contribution in [2.24, 2.45) is 0 Å². The summed E-state index contributed by atoms with van der Waals surface area (Å²) in [5, 5.41) is 11.4. The van der Waals surface area contributed by atoms with Gasteiger partial charge in [0.1, 0.15) is 11.3 Å². The van der Waals surface area contributed by atoms with Gasteiger partial charge in [-0.25, -0.2) is 9.37 Å². The zero-order valence-electron chi connectivity index (χ0n) is 16.8. The highest BCUT2D eigenvalue weighted by Gasteiger charge is 2.13. The zero-order valence-corrected chi connectivity index (χ0v) is 20.0. The number of hydrogen-bond acceptors (Lipinski definition) is 4. The Morgan fingerprint density at radius 3 is 2.52 bits per heavy atom. The fourth-order valence-electron chi connectivity index (χ4n) is 3.15. The second-order valence-electron chi connectivity index (χ2n) is 7.11. The molecule has 3 aromatic carbocycles. The third-order valence-corrected chi connectivity index (χ3v) is 5.51. The third kappa shape index (κ3) is 5.74. The number of amides is 1. The number of oxazole rings is 1. The highest BCUT2D eigenvalue weighted by atomic mass is 79.9. The number of carboxylic acids is 1. The quantitative estimate of drug-likeness (QED) is 0.259. The molecule has 0 bridgehead atoms. The van der Waals surface area contributed by atoms with Crippen LogP contribution in [0.15, 0.2) is 74.0 Å². The van der Waals surface area contributed by atoms with Crippen LogP contribution in [0.4, 0.5) is 10.1 Å². The van der Waals surface area contributed by atoms with E-state index >= 15 is 0 Å². The minimum atomic E-state index is -0.947. The maximum atomic E-state index is 14.6. The van der Waals surface area contributed by atoms with E-state index in [0.717, 1.165) is 14.5 Å². The molecule has 4 aromatic rings. The highest BCUT2D eigenvalue weighted by molar-refractivity contribution is 9.11. The van der Waals surface area contributed by atoms with Crippen molar-refractivity contribution in [2.45, 2.75) is 6.42 Å². The highest BCUT2D eigenvalue weighted by Crippen LogP contribution is 2.28. The third-order valence-electron chi connectivity index (χ3n) is 4.59. The molecule has 0 unspecified atom stereocenters. The lowest BCUT2D eigenvalue weighted by molar-refractivity contribution is -0.136. The Bertz CT molecular complexity index is 1390. The molecule has 0 aliphatic rings. The van der Waals surface area contributed by atoms with Gasteiger partial charge in [-0.1, -0.05) is 37.9 Å².